The molecule has 0 aromatic carbocycles. The van der Waals surface area contributed by atoms with Crippen molar-refractivity contribution >= 4 is 0 Å². The minimum Gasteiger partial charge on any atom is -0.356 e. The van der Waals surface area contributed by atoms with E-state index in [4.69, 9.17) is 4.74 Å². The maximum atomic E-state index is 5.95. The van der Waals surface area contributed by atoms with Gasteiger partial charge in [0.2, 0.25) is 0 Å². The van der Waals surface area contributed by atoms with Crippen molar-refractivity contribution < 1.29 is 4.74 Å². The van der Waals surface area contributed by atoms with Crippen LogP contribution in [0.4, 0.5) is 0 Å². The number of piperidine rings is 1. The molecule has 0 aromatic heterocycles. The molecule has 2 aliphatic heterocycles. The average molecular weight is 184 g/mol. The van der Waals surface area contributed by atoms with Crippen molar-refractivity contribution in [3.63, 3.8) is 0 Å². The zero-order valence-corrected chi connectivity index (χ0v) is 8.60. The molecular formula is C10H20N2O. The summed E-state index contributed by atoms with van der Waals surface area (Å²) in [6.45, 7) is 7.62. The van der Waals surface area contributed by atoms with Crippen molar-refractivity contribution in [3.8, 4) is 0 Å². The van der Waals surface area contributed by atoms with Gasteiger partial charge in [-0.2, -0.15) is 0 Å². The first-order valence-electron chi connectivity index (χ1n) is 5.34. The van der Waals surface area contributed by atoms with E-state index in [1.165, 1.54) is 12.8 Å². The van der Waals surface area contributed by atoms with E-state index in [0.29, 0.717) is 12.0 Å². The summed E-state index contributed by atoms with van der Waals surface area (Å²) in [5.41, 5.74) is -0.0541. The standard InChI is InChI=1S/C10H20N2O/c1-8-7-12-10(2,13-8)9-3-5-11-6-4-9/h8-9,11-12H,3-7H2,1-2H3. The van der Waals surface area contributed by atoms with Crippen molar-refractivity contribution in [2.24, 2.45) is 5.92 Å². The predicted molar refractivity (Wildman–Crippen MR) is 52.5 cm³/mol. The Morgan fingerprint density at radius 1 is 1.31 bits per heavy atom. The molecule has 2 fully saturated rings. The lowest BCUT2D eigenvalue weighted by molar-refractivity contribution is -0.0792. The Hall–Kier alpha value is -0.120. The van der Waals surface area contributed by atoms with Crippen molar-refractivity contribution in [2.45, 2.75) is 38.5 Å². The summed E-state index contributed by atoms with van der Waals surface area (Å²) < 4.78 is 5.95. The molecule has 0 bridgehead atoms. The zero-order chi connectivity index (χ0) is 9.31. The van der Waals surface area contributed by atoms with E-state index in [1.807, 2.05) is 0 Å². The SMILES string of the molecule is CC1CNC(C)(C2CCNCC2)O1. The summed E-state index contributed by atoms with van der Waals surface area (Å²) in [6, 6.07) is 0. The normalized spacial score (nSPS) is 42.5. The third kappa shape index (κ3) is 1.87. The zero-order valence-electron chi connectivity index (χ0n) is 8.60. The van der Waals surface area contributed by atoms with Crippen LogP contribution in [0.25, 0.3) is 0 Å². The van der Waals surface area contributed by atoms with Gasteiger partial charge in [0.05, 0.1) is 6.10 Å². The van der Waals surface area contributed by atoms with Gasteiger partial charge >= 0.3 is 0 Å². The Labute approximate surface area is 80.2 Å². The molecular weight excluding hydrogens is 164 g/mol. The Morgan fingerprint density at radius 2 is 2.00 bits per heavy atom. The third-order valence-corrected chi connectivity index (χ3v) is 3.30. The third-order valence-electron chi connectivity index (χ3n) is 3.30. The van der Waals surface area contributed by atoms with Crippen LogP contribution in [0.15, 0.2) is 0 Å². The van der Waals surface area contributed by atoms with Crippen molar-refractivity contribution in [2.75, 3.05) is 19.6 Å². The summed E-state index contributed by atoms with van der Waals surface area (Å²) >= 11 is 0. The van der Waals surface area contributed by atoms with Crippen molar-refractivity contribution in [3.05, 3.63) is 0 Å². The molecule has 76 valence electrons. The highest BCUT2D eigenvalue weighted by atomic mass is 16.5. The molecule has 0 amide bonds. The highest BCUT2D eigenvalue weighted by molar-refractivity contribution is 4.90. The topological polar surface area (TPSA) is 33.3 Å². The van der Waals surface area contributed by atoms with Crippen LogP contribution in [0.3, 0.4) is 0 Å². The van der Waals surface area contributed by atoms with Crippen molar-refractivity contribution in [1.82, 2.24) is 10.6 Å². The van der Waals surface area contributed by atoms with Gasteiger partial charge in [0.25, 0.3) is 0 Å². The number of hydrogen-bond acceptors (Lipinski definition) is 3. The largest absolute Gasteiger partial charge is 0.356 e. The summed E-state index contributed by atoms with van der Waals surface area (Å²) in [5, 5.41) is 6.89. The smallest absolute Gasteiger partial charge is 0.119 e. The van der Waals surface area contributed by atoms with Crippen LogP contribution in [0.2, 0.25) is 0 Å². The maximum Gasteiger partial charge on any atom is 0.119 e. The van der Waals surface area contributed by atoms with E-state index in [2.05, 4.69) is 24.5 Å². The first-order valence-corrected chi connectivity index (χ1v) is 5.34. The Balaban J connectivity index is 1.97. The molecule has 0 radical (unpaired) electrons. The van der Waals surface area contributed by atoms with Gasteiger partial charge in [-0.3, -0.25) is 5.32 Å². The average Bonchev–Trinajstić information content (AvgIpc) is 2.49. The fourth-order valence-electron chi connectivity index (χ4n) is 2.46. The minimum absolute atomic E-state index is 0.0541. The van der Waals surface area contributed by atoms with Gasteiger partial charge in [0, 0.05) is 12.5 Å². The van der Waals surface area contributed by atoms with Crippen LogP contribution in [0.5, 0.6) is 0 Å². The lowest BCUT2D eigenvalue weighted by Crippen LogP contribution is -2.49. The quantitative estimate of drug-likeness (QED) is 0.629. The molecule has 2 rings (SSSR count). The van der Waals surface area contributed by atoms with Gasteiger partial charge in [0.1, 0.15) is 5.72 Å². The molecule has 2 unspecified atom stereocenters. The molecule has 3 heteroatoms. The first kappa shape index (κ1) is 9.44. The van der Waals surface area contributed by atoms with Crippen LogP contribution >= 0.6 is 0 Å². The number of hydrogen-bond donors (Lipinski definition) is 2. The van der Waals surface area contributed by atoms with Crippen LogP contribution in [-0.4, -0.2) is 31.5 Å². The van der Waals surface area contributed by atoms with E-state index in [0.717, 1.165) is 19.6 Å². The van der Waals surface area contributed by atoms with E-state index in [9.17, 15) is 0 Å². The monoisotopic (exact) mass is 184 g/mol. The summed E-state index contributed by atoms with van der Waals surface area (Å²) in [7, 11) is 0. The van der Waals surface area contributed by atoms with Crippen LogP contribution in [0, 0.1) is 5.92 Å². The number of rotatable bonds is 1. The molecule has 13 heavy (non-hydrogen) atoms. The van der Waals surface area contributed by atoms with Gasteiger partial charge in [-0.1, -0.05) is 0 Å². The fourth-order valence-corrected chi connectivity index (χ4v) is 2.46. The summed E-state index contributed by atoms with van der Waals surface area (Å²) in [4.78, 5) is 0. The second-order valence-corrected chi connectivity index (χ2v) is 4.44. The molecule has 2 heterocycles. The molecule has 2 aliphatic rings. The van der Waals surface area contributed by atoms with Gasteiger partial charge in [-0.25, -0.2) is 0 Å². The lowest BCUT2D eigenvalue weighted by atomic mass is 9.88. The van der Waals surface area contributed by atoms with Crippen molar-refractivity contribution in [1.29, 1.82) is 0 Å². The van der Waals surface area contributed by atoms with E-state index >= 15 is 0 Å². The van der Waals surface area contributed by atoms with E-state index in [-0.39, 0.29) is 5.72 Å². The van der Waals surface area contributed by atoms with Gasteiger partial charge in [-0.15, -0.1) is 0 Å². The van der Waals surface area contributed by atoms with Gasteiger partial charge in [-0.05, 0) is 39.8 Å². The fraction of sp³-hybridized carbons (Fsp3) is 1.00. The highest BCUT2D eigenvalue weighted by Crippen LogP contribution is 2.31. The van der Waals surface area contributed by atoms with Gasteiger partial charge in [0.15, 0.2) is 0 Å². The molecule has 0 aromatic rings. The Kier molecular flexibility index (Phi) is 2.58. The molecule has 0 spiro atoms. The highest BCUT2D eigenvalue weighted by Gasteiger charge is 2.40. The number of nitrogens with one attached hydrogen (secondary N) is 2. The van der Waals surface area contributed by atoms with Crippen LogP contribution < -0.4 is 10.6 Å². The summed E-state index contributed by atoms with van der Waals surface area (Å²) in [6.07, 6.45) is 2.84. The maximum absolute atomic E-state index is 5.95. The van der Waals surface area contributed by atoms with Gasteiger partial charge < -0.3 is 10.1 Å². The van der Waals surface area contributed by atoms with E-state index in [1.54, 1.807) is 0 Å². The molecule has 0 aliphatic carbocycles. The molecule has 2 N–H and O–H groups in total. The second-order valence-electron chi connectivity index (χ2n) is 4.44. The first-order chi connectivity index (χ1) is 6.21. The Bertz CT molecular complexity index is 180. The van der Waals surface area contributed by atoms with Crippen LogP contribution in [0.1, 0.15) is 26.7 Å². The summed E-state index contributed by atoms with van der Waals surface area (Å²) in [5.74, 6) is 0.679. The molecule has 2 saturated heterocycles. The number of ether oxygens (including phenoxy) is 1. The Morgan fingerprint density at radius 3 is 2.54 bits per heavy atom. The minimum atomic E-state index is -0.0541. The molecule has 2 atom stereocenters. The predicted octanol–water partition coefficient (Wildman–Crippen LogP) is 0.711. The van der Waals surface area contributed by atoms with Crippen LogP contribution in [-0.2, 0) is 4.74 Å². The molecule has 3 nitrogen and oxygen atoms in total. The lowest BCUT2D eigenvalue weighted by Gasteiger charge is -2.36. The second kappa shape index (κ2) is 3.56. The molecule has 0 saturated carbocycles. The van der Waals surface area contributed by atoms with E-state index < -0.39 is 0 Å².